The predicted octanol–water partition coefficient (Wildman–Crippen LogP) is 3.71. The van der Waals surface area contributed by atoms with Crippen molar-refractivity contribution in [1.82, 2.24) is 0 Å². The third-order valence-corrected chi connectivity index (χ3v) is 3.70. The van der Waals surface area contributed by atoms with E-state index in [2.05, 4.69) is 15.9 Å². The summed E-state index contributed by atoms with van der Waals surface area (Å²) >= 11 is 3.36. The average molecular weight is 272 g/mol. The average Bonchev–Trinajstić information content (AvgIpc) is 2.23. The first-order chi connectivity index (χ1) is 7.12. The van der Waals surface area contributed by atoms with Gasteiger partial charge in [0.1, 0.15) is 5.82 Å². The van der Waals surface area contributed by atoms with Crippen LogP contribution in [0.2, 0.25) is 0 Å². The van der Waals surface area contributed by atoms with Crippen LogP contribution in [0, 0.1) is 5.82 Å². The summed E-state index contributed by atoms with van der Waals surface area (Å²) in [6.07, 6.45) is 5.19. The van der Waals surface area contributed by atoms with Crippen molar-refractivity contribution in [2.75, 3.05) is 0 Å². The molecule has 0 aromatic heterocycles. The van der Waals surface area contributed by atoms with Crippen molar-refractivity contribution in [2.45, 2.75) is 37.6 Å². The van der Waals surface area contributed by atoms with Gasteiger partial charge in [-0.25, -0.2) is 4.39 Å². The SMILES string of the molecule is NC1(c2cc(Br)ccc2F)CCCCC1. The Labute approximate surface area is 98.0 Å². The Bertz CT molecular complexity index is 359. The normalized spacial score (nSPS) is 20.2. The molecule has 1 aromatic rings. The molecule has 3 heteroatoms. The highest BCUT2D eigenvalue weighted by Crippen LogP contribution is 2.36. The molecule has 1 fully saturated rings. The van der Waals surface area contributed by atoms with E-state index in [1.54, 1.807) is 6.07 Å². The molecule has 0 unspecified atom stereocenters. The standard InChI is InChI=1S/C12H15BrFN/c13-9-4-5-11(14)10(8-9)12(15)6-2-1-3-7-12/h4-5,8H,1-3,6-7,15H2. The Morgan fingerprint density at radius 3 is 2.53 bits per heavy atom. The molecule has 0 atom stereocenters. The summed E-state index contributed by atoms with van der Waals surface area (Å²) in [5.41, 5.74) is 6.50. The molecule has 1 saturated carbocycles. The Hall–Kier alpha value is -0.410. The van der Waals surface area contributed by atoms with Gasteiger partial charge in [-0.15, -0.1) is 0 Å². The molecule has 2 rings (SSSR count). The number of hydrogen-bond acceptors (Lipinski definition) is 1. The number of halogens is 2. The first kappa shape index (κ1) is 11.1. The highest BCUT2D eigenvalue weighted by molar-refractivity contribution is 9.10. The van der Waals surface area contributed by atoms with E-state index in [-0.39, 0.29) is 5.82 Å². The maximum absolute atomic E-state index is 13.7. The maximum atomic E-state index is 13.7. The van der Waals surface area contributed by atoms with E-state index in [1.165, 1.54) is 12.5 Å². The smallest absolute Gasteiger partial charge is 0.128 e. The lowest BCUT2D eigenvalue weighted by molar-refractivity contribution is 0.293. The Kier molecular flexibility index (Phi) is 3.12. The summed E-state index contributed by atoms with van der Waals surface area (Å²) in [5, 5.41) is 0. The number of benzene rings is 1. The summed E-state index contributed by atoms with van der Waals surface area (Å²) in [4.78, 5) is 0. The van der Waals surface area contributed by atoms with Gasteiger partial charge in [0.15, 0.2) is 0 Å². The number of nitrogens with two attached hydrogens (primary N) is 1. The van der Waals surface area contributed by atoms with Gasteiger partial charge >= 0.3 is 0 Å². The van der Waals surface area contributed by atoms with Gasteiger partial charge in [0.25, 0.3) is 0 Å². The van der Waals surface area contributed by atoms with Crippen LogP contribution in [-0.4, -0.2) is 0 Å². The quantitative estimate of drug-likeness (QED) is 0.828. The molecule has 1 aliphatic rings. The summed E-state index contributed by atoms with van der Waals surface area (Å²) < 4.78 is 14.6. The highest BCUT2D eigenvalue weighted by atomic mass is 79.9. The monoisotopic (exact) mass is 271 g/mol. The van der Waals surface area contributed by atoms with Crippen LogP contribution in [-0.2, 0) is 5.54 Å². The van der Waals surface area contributed by atoms with Crippen LogP contribution < -0.4 is 5.73 Å². The zero-order chi connectivity index (χ0) is 10.9. The van der Waals surface area contributed by atoms with E-state index >= 15 is 0 Å². The van der Waals surface area contributed by atoms with Gasteiger partial charge in [-0.05, 0) is 31.0 Å². The van der Waals surface area contributed by atoms with Crippen LogP contribution in [0.5, 0.6) is 0 Å². The van der Waals surface area contributed by atoms with Crippen LogP contribution in [0.1, 0.15) is 37.7 Å². The third kappa shape index (κ3) is 2.23. The summed E-state index contributed by atoms with van der Waals surface area (Å²) in [6, 6.07) is 5.02. The van der Waals surface area contributed by atoms with Crippen LogP contribution in [0.3, 0.4) is 0 Å². The Balaban J connectivity index is 2.38. The van der Waals surface area contributed by atoms with E-state index in [4.69, 9.17) is 5.73 Å². The summed E-state index contributed by atoms with van der Waals surface area (Å²) in [7, 11) is 0. The van der Waals surface area contributed by atoms with E-state index in [1.807, 2.05) is 6.07 Å². The molecular weight excluding hydrogens is 257 g/mol. The fourth-order valence-corrected chi connectivity index (χ4v) is 2.69. The zero-order valence-electron chi connectivity index (χ0n) is 8.60. The minimum absolute atomic E-state index is 0.178. The molecular formula is C12H15BrFN. The van der Waals surface area contributed by atoms with Gasteiger partial charge in [0.05, 0.1) is 0 Å². The molecule has 0 bridgehead atoms. The van der Waals surface area contributed by atoms with Crippen molar-refractivity contribution < 1.29 is 4.39 Å². The molecule has 82 valence electrons. The summed E-state index contributed by atoms with van der Waals surface area (Å²) in [5.74, 6) is -0.178. The first-order valence-electron chi connectivity index (χ1n) is 5.36. The van der Waals surface area contributed by atoms with Crippen LogP contribution in [0.4, 0.5) is 4.39 Å². The zero-order valence-corrected chi connectivity index (χ0v) is 10.2. The van der Waals surface area contributed by atoms with Crippen LogP contribution in [0.15, 0.2) is 22.7 Å². The van der Waals surface area contributed by atoms with Crippen molar-refractivity contribution in [1.29, 1.82) is 0 Å². The van der Waals surface area contributed by atoms with Crippen molar-refractivity contribution in [3.63, 3.8) is 0 Å². The number of rotatable bonds is 1. The number of hydrogen-bond donors (Lipinski definition) is 1. The second-order valence-corrected chi connectivity index (χ2v) is 5.26. The molecule has 0 heterocycles. The van der Waals surface area contributed by atoms with E-state index in [9.17, 15) is 4.39 Å². The van der Waals surface area contributed by atoms with Gasteiger partial charge in [-0.1, -0.05) is 35.2 Å². The predicted molar refractivity (Wildman–Crippen MR) is 63.1 cm³/mol. The van der Waals surface area contributed by atoms with Crippen LogP contribution >= 0.6 is 15.9 Å². The van der Waals surface area contributed by atoms with Crippen molar-refractivity contribution in [3.8, 4) is 0 Å². The maximum Gasteiger partial charge on any atom is 0.128 e. The van der Waals surface area contributed by atoms with Gasteiger partial charge in [0.2, 0.25) is 0 Å². The van der Waals surface area contributed by atoms with Gasteiger partial charge in [-0.3, -0.25) is 0 Å². The van der Waals surface area contributed by atoms with E-state index < -0.39 is 5.54 Å². The second kappa shape index (κ2) is 4.22. The molecule has 1 aliphatic carbocycles. The van der Waals surface area contributed by atoms with Gasteiger partial charge in [0, 0.05) is 15.6 Å². The molecule has 0 amide bonds. The first-order valence-corrected chi connectivity index (χ1v) is 6.15. The van der Waals surface area contributed by atoms with Gasteiger partial charge < -0.3 is 5.73 Å². The lowest BCUT2D eigenvalue weighted by Crippen LogP contribution is -2.39. The fourth-order valence-electron chi connectivity index (χ4n) is 2.33. The summed E-state index contributed by atoms with van der Waals surface area (Å²) in [6.45, 7) is 0. The molecule has 0 spiro atoms. The van der Waals surface area contributed by atoms with E-state index in [0.717, 1.165) is 30.2 Å². The lowest BCUT2D eigenvalue weighted by Gasteiger charge is -2.34. The van der Waals surface area contributed by atoms with Crippen molar-refractivity contribution in [3.05, 3.63) is 34.1 Å². The Morgan fingerprint density at radius 1 is 1.20 bits per heavy atom. The molecule has 2 N–H and O–H groups in total. The Morgan fingerprint density at radius 2 is 1.87 bits per heavy atom. The van der Waals surface area contributed by atoms with E-state index in [0.29, 0.717) is 5.56 Å². The van der Waals surface area contributed by atoms with Crippen molar-refractivity contribution in [2.24, 2.45) is 5.73 Å². The molecule has 15 heavy (non-hydrogen) atoms. The van der Waals surface area contributed by atoms with Crippen LogP contribution in [0.25, 0.3) is 0 Å². The minimum Gasteiger partial charge on any atom is -0.321 e. The topological polar surface area (TPSA) is 26.0 Å². The fraction of sp³-hybridized carbons (Fsp3) is 0.500. The minimum atomic E-state index is -0.452. The lowest BCUT2D eigenvalue weighted by atomic mass is 9.77. The third-order valence-electron chi connectivity index (χ3n) is 3.21. The molecule has 1 nitrogen and oxygen atoms in total. The molecule has 0 radical (unpaired) electrons. The highest BCUT2D eigenvalue weighted by Gasteiger charge is 2.31. The second-order valence-electron chi connectivity index (χ2n) is 4.34. The van der Waals surface area contributed by atoms with Crippen molar-refractivity contribution >= 4 is 15.9 Å². The largest absolute Gasteiger partial charge is 0.321 e. The molecule has 1 aromatic carbocycles. The molecule has 0 saturated heterocycles. The molecule has 0 aliphatic heterocycles. The van der Waals surface area contributed by atoms with Gasteiger partial charge in [-0.2, -0.15) is 0 Å².